The number of rotatable bonds is 4. The van der Waals surface area contributed by atoms with Crippen LogP contribution in [0.25, 0.3) is 0 Å². The molecule has 0 amide bonds. The molecule has 26 heavy (non-hydrogen) atoms. The molecule has 1 unspecified atom stereocenters. The highest BCUT2D eigenvalue weighted by molar-refractivity contribution is 7.13. The molecule has 8 nitrogen and oxygen atoms in total. The van der Waals surface area contributed by atoms with Gasteiger partial charge in [0.1, 0.15) is 0 Å². The van der Waals surface area contributed by atoms with Crippen LogP contribution in [0.1, 0.15) is 4.88 Å². The standard InChI is InChI=1S/C14H9F3N4O4S/c15-14(16,17)13(22)12(11(20-25-13)10-2-1-7-26-10)19-18-8-3-5-9(6-4-8)21(23)24/h1-7,18,22H/b19-12-. The number of nitro groups is 1. The Morgan fingerprint density at radius 2 is 2.00 bits per heavy atom. The third-order valence-corrected chi connectivity index (χ3v) is 4.20. The van der Waals surface area contributed by atoms with E-state index in [9.17, 15) is 28.4 Å². The number of nitrogens with zero attached hydrogens (tertiary/aromatic N) is 3. The second-order valence-corrected chi connectivity index (χ2v) is 5.97. The molecule has 3 rings (SSSR count). The van der Waals surface area contributed by atoms with Gasteiger partial charge >= 0.3 is 12.0 Å². The number of benzene rings is 1. The van der Waals surface area contributed by atoms with Gasteiger partial charge in [-0.05, 0) is 23.6 Å². The Kier molecular flexibility index (Phi) is 4.38. The van der Waals surface area contributed by atoms with Gasteiger partial charge in [-0.2, -0.15) is 18.3 Å². The van der Waals surface area contributed by atoms with Gasteiger partial charge in [0.2, 0.25) is 0 Å². The van der Waals surface area contributed by atoms with Crippen LogP contribution in [0.2, 0.25) is 0 Å². The zero-order valence-electron chi connectivity index (χ0n) is 12.6. The number of alkyl halides is 3. The topological polar surface area (TPSA) is 109 Å². The molecule has 1 aromatic carbocycles. The minimum atomic E-state index is -5.19. The van der Waals surface area contributed by atoms with Crippen molar-refractivity contribution in [1.29, 1.82) is 0 Å². The first-order valence-electron chi connectivity index (χ1n) is 6.90. The second kappa shape index (κ2) is 6.38. The molecule has 0 fully saturated rings. The van der Waals surface area contributed by atoms with Crippen molar-refractivity contribution >= 4 is 34.1 Å². The van der Waals surface area contributed by atoms with Gasteiger partial charge in [0.15, 0.2) is 11.4 Å². The van der Waals surface area contributed by atoms with Gasteiger partial charge in [-0.15, -0.1) is 11.3 Å². The average Bonchev–Trinajstić information content (AvgIpc) is 3.21. The van der Waals surface area contributed by atoms with Crippen molar-refractivity contribution < 1.29 is 28.0 Å². The summed E-state index contributed by atoms with van der Waals surface area (Å²) in [6.07, 6.45) is -5.19. The predicted molar refractivity (Wildman–Crippen MR) is 87.1 cm³/mol. The van der Waals surface area contributed by atoms with Crippen LogP contribution < -0.4 is 5.43 Å². The van der Waals surface area contributed by atoms with Crippen molar-refractivity contribution in [1.82, 2.24) is 0 Å². The first-order chi connectivity index (χ1) is 12.2. The Balaban J connectivity index is 1.94. The molecule has 1 aromatic heterocycles. The molecule has 1 aliphatic rings. The molecule has 0 bridgehead atoms. The van der Waals surface area contributed by atoms with Crippen LogP contribution in [0.4, 0.5) is 24.5 Å². The lowest BCUT2D eigenvalue weighted by Gasteiger charge is -2.23. The Morgan fingerprint density at radius 3 is 2.54 bits per heavy atom. The van der Waals surface area contributed by atoms with E-state index in [-0.39, 0.29) is 17.1 Å². The van der Waals surface area contributed by atoms with Crippen LogP contribution in [0.3, 0.4) is 0 Å². The van der Waals surface area contributed by atoms with E-state index in [1.54, 1.807) is 11.4 Å². The first kappa shape index (κ1) is 17.8. The Bertz CT molecular complexity index is 881. The molecule has 12 heteroatoms. The summed E-state index contributed by atoms with van der Waals surface area (Å²) in [6.45, 7) is 0. The Labute approximate surface area is 147 Å². The summed E-state index contributed by atoms with van der Waals surface area (Å²) >= 11 is 1.09. The normalized spacial score (nSPS) is 21.4. The van der Waals surface area contributed by atoms with E-state index < -0.39 is 22.6 Å². The SMILES string of the molecule is O=[N+]([O-])c1ccc(N/N=C2/C(c3cccs3)=NOC2(O)C(F)(F)F)cc1. The number of thiophene rings is 1. The zero-order chi connectivity index (χ0) is 18.9. The summed E-state index contributed by atoms with van der Waals surface area (Å²) in [6, 6.07) is 7.90. The van der Waals surface area contributed by atoms with Crippen LogP contribution in [-0.2, 0) is 4.84 Å². The van der Waals surface area contributed by atoms with Crippen LogP contribution in [0.5, 0.6) is 0 Å². The lowest BCUT2D eigenvalue weighted by atomic mass is 10.1. The lowest BCUT2D eigenvalue weighted by molar-refractivity contribution is -0.384. The average molecular weight is 386 g/mol. The molecule has 0 saturated carbocycles. The molecule has 0 radical (unpaired) electrons. The summed E-state index contributed by atoms with van der Waals surface area (Å²) in [7, 11) is 0. The molecule has 0 saturated heterocycles. The molecule has 2 aromatic rings. The lowest BCUT2D eigenvalue weighted by Crippen LogP contribution is -2.52. The fourth-order valence-electron chi connectivity index (χ4n) is 2.03. The summed E-state index contributed by atoms with van der Waals surface area (Å²) in [5, 5.41) is 29.1. The number of nitro benzene ring substituents is 1. The third kappa shape index (κ3) is 3.11. The molecule has 1 atom stereocenters. The quantitative estimate of drug-likeness (QED) is 0.620. The van der Waals surface area contributed by atoms with Gasteiger partial charge in [0.25, 0.3) is 5.69 Å². The van der Waals surface area contributed by atoms with Crippen LogP contribution in [-0.4, -0.2) is 33.4 Å². The largest absolute Gasteiger partial charge is 0.464 e. The number of aliphatic hydroxyl groups is 1. The van der Waals surface area contributed by atoms with Crippen LogP contribution in [0.15, 0.2) is 52.0 Å². The minimum absolute atomic E-state index is 0.171. The highest BCUT2D eigenvalue weighted by Gasteiger charge is 2.65. The van der Waals surface area contributed by atoms with Gasteiger partial charge in [-0.1, -0.05) is 11.2 Å². The number of hydrazone groups is 1. The maximum atomic E-state index is 13.2. The molecule has 1 aliphatic heterocycles. The maximum absolute atomic E-state index is 13.2. The van der Waals surface area contributed by atoms with Crippen molar-refractivity contribution in [2.24, 2.45) is 10.3 Å². The molecule has 0 aliphatic carbocycles. The molecule has 2 N–H and O–H groups in total. The number of nitrogens with one attached hydrogen (secondary N) is 1. The molecule has 136 valence electrons. The summed E-state index contributed by atoms with van der Waals surface area (Å²) < 4.78 is 39.7. The Morgan fingerprint density at radius 1 is 1.31 bits per heavy atom. The van der Waals surface area contributed by atoms with Crippen molar-refractivity contribution in [3.63, 3.8) is 0 Å². The van der Waals surface area contributed by atoms with Crippen molar-refractivity contribution in [2.75, 3.05) is 5.43 Å². The fourth-order valence-corrected chi connectivity index (χ4v) is 2.73. The van der Waals surface area contributed by atoms with Crippen molar-refractivity contribution in [3.8, 4) is 0 Å². The van der Waals surface area contributed by atoms with Crippen molar-refractivity contribution in [3.05, 3.63) is 56.8 Å². The maximum Gasteiger partial charge on any atom is 0.464 e. The number of halogens is 3. The fraction of sp³-hybridized carbons (Fsp3) is 0.143. The number of anilines is 1. The third-order valence-electron chi connectivity index (χ3n) is 3.33. The van der Waals surface area contributed by atoms with E-state index in [1.165, 1.54) is 18.2 Å². The second-order valence-electron chi connectivity index (χ2n) is 5.03. The summed E-state index contributed by atoms with van der Waals surface area (Å²) in [5.41, 5.74) is 1.16. The first-order valence-corrected chi connectivity index (χ1v) is 7.78. The number of hydrogen-bond donors (Lipinski definition) is 2. The van der Waals surface area contributed by atoms with Gasteiger partial charge in [-0.25, -0.2) is 0 Å². The van der Waals surface area contributed by atoms with Gasteiger partial charge in [0.05, 0.1) is 15.5 Å². The smallest absolute Gasteiger partial charge is 0.343 e. The Hall–Kier alpha value is -2.99. The van der Waals surface area contributed by atoms with E-state index in [1.807, 2.05) is 0 Å². The molecular formula is C14H9F3N4O4S. The number of non-ortho nitro benzene ring substituents is 1. The predicted octanol–water partition coefficient (Wildman–Crippen LogP) is 3.11. The van der Waals surface area contributed by atoms with Crippen LogP contribution >= 0.6 is 11.3 Å². The van der Waals surface area contributed by atoms with Gasteiger partial charge in [-0.3, -0.25) is 15.5 Å². The highest BCUT2D eigenvalue weighted by atomic mass is 32.1. The van der Waals surface area contributed by atoms with E-state index in [0.717, 1.165) is 23.5 Å². The molecular weight excluding hydrogens is 377 g/mol. The van der Waals surface area contributed by atoms with Crippen molar-refractivity contribution in [2.45, 2.75) is 12.0 Å². The van der Waals surface area contributed by atoms with E-state index in [2.05, 4.69) is 20.5 Å². The number of oxime groups is 1. The monoisotopic (exact) mass is 386 g/mol. The van der Waals surface area contributed by atoms with Gasteiger partial charge in [0, 0.05) is 12.1 Å². The summed E-state index contributed by atoms with van der Waals surface area (Å²) in [5.74, 6) is -3.71. The van der Waals surface area contributed by atoms with Gasteiger partial charge < -0.3 is 9.94 Å². The van der Waals surface area contributed by atoms with E-state index >= 15 is 0 Å². The summed E-state index contributed by atoms with van der Waals surface area (Å²) in [4.78, 5) is 14.6. The number of hydrogen-bond acceptors (Lipinski definition) is 8. The molecule has 2 heterocycles. The van der Waals surface area contributed by atoms with E-state index in [4.69, 9.17) is 0 Å². The minimum Gasteiger partial charge on any atom is -0.343 e. The zero-order valence-corrected chi connectivity index (χ0v) is 13.4. The molecule has 0 spiro atoms. The van der Waals surface area contributed by atoms with Crippen LogP contribution in [0, 0.1) is 10.1 Å². The van der Waals surface area contributed by atoms with E-state index in [0.29, 0.717) is 4.88 Å². The highest BCUT2D eigenvalue weighted by Crippen LogP contribution is 2.38.